The molecule has 0 atom stereocenters. The quantitative estimate of drug-likeness (QED) is 0.747. The molecule has 0 unspecified atom stereocenters. The lowest BCUT2D eigenvalue weighted by Gasteiger charge is -2.09. The molecule has 2 aromatic rings. The second-order valence-electron chi connectivity index (χ2n) is 4.55. The first-order valence-electron chi connectivity index (χ1n) is 5.82. The van der Waals surface area contributed by atoms with Crippen molar-refractivity contribution in [2.24, 2.45) is 5.92 Å². The molecule has 0 radical (unpaired) electrons. The third kappa shape index (κ3) is 2.61. The van der Waals surface area contributed by atoms with E-state index in [0.29, 0.717) is 12.5 Å². The number of benzene rings is 2. The van der Waals surface area contributed by atoms with E-state index in [9.17, 15) is 0 Å². The first-order valence-corrected chi connectivity index (χ1v) is 5.82. The molecule has 0 spiro atoms. The molecule has 0 fully saturated rings. The Morgan fingerprint density at radius 2 is 1.75 bits per heavy atom. The number of hydrogen-bond donors (Lipinski definition) is 0. The van der Waals surface area contributed by atoms with Crippen LogP contribution in [0.25, 0.3) is 10.8 Å². The molecular weight excluding hydrogens is 196 g/mol. The van der Waals surface area contributed by atoms with Gasteiger partial charge in [0.1, 0.15) is 0 Å². The van der Waals surface area contributed by atoms with Crippen LogP contribution in [0.1, 0.15) is 19.4 Å². The van der Waals surface area contributed by atoms with E-state index >= 15 is 0 Å². The summed E-state index contributed by atoms with van der Waals surface area (Å²) in [5.41, 5.74) is 1.28. The molecule has 0 saturated heterocycles. The van der Waals surface area contributed by atoms with Gasteiger partial charge in [-0.15, -0.1) is 0 Å². The second-order valence-corrected chi connectivity index (χ2v) is 4.55. The Bertz CT molecular complexity index is 454. The van der Waals surface area contributed by atoms with Crippen molar-refractivity contribution in [2.45, 2.75) is 20.5 Å². The molecule has 0 heterocycles. The predicted molar refractivity (Wildman–Crippen MR) is 68.4 cm³/mol. The van der Waals surface area contributed by atoms with Gasteiger partial charge in [-0.1, -0.05) is 56.3 Å². The molecule has 0 amide bonds. The third-order valence-corrected chi connectivity index (χ3v) is 2.59. The van der Waals surface area contributed by atoms with Crippen molar-refractivity contribution in [1.82, 2.24) is 0 Å². The molecule has 1 nitrogen and oxygen atoms in total. The highest BCUT2D eigenvalue weighted by molar-refractivity contribution is 5.85. The molecule has 2 rings (SSSR count). The van der Waals surface area contributed by atoms with Crippen molar-refractivity contribution in [3.8, 4) is 0 Å². The van der Waals surface area contributed by atoms with E-state index in [-0.39, 0.29) is 0 Å². The molecule has 0 aromatic heterocycles. The van der Waals surface area contributed by atoms with Gasteiger partial charge in [-0.3, -0.25) is 0 Å². The topological polar surface area (TPSA) is 9.23 Å². The van der Waals surface area contributed by atoms with Gasteiger partial charge in [0.15, 0.2) is 0 Å². The predicted octanol–water partition coefficient (Wildman–Crippen LogP) is 4.01. The van der Waals surface area contributed by atoms with Gasteiger partial charge in [0.2, 0.25) is 0 Å². The maximum absolute atomic E-state index is 5.69. The summed E-state index contributed by atoms with van der Waals surface area (Å²) in [7, 11) is 0. The van der Waals surface area contributed by atoms with Crippen LogP contribution in [-0.4, -0.2) is 6.61 Å². The van der Waals surface area contributed by atoms with E-state index < -0.39 is 0 Å². The summed E-state index contributed by atoms with van der Waals surface area (Å²) in [5, 5.41) is 2.59. The SMILES string of the molecule is CC(C)COCc1cccc2ccccc12. The third-order valence-electron chi connectivity index (χ3n) is 2.59. The molecule has 0 aliphatic heterocycles. The van der Waals surface area contributed by atoms with Crippen LogP contribution in [-0.2, 0) is 11.3 Å². The van der Waals surface area contributed by atoms with Crippen molar-refractivity contribution >= 4 is 10.8 Å². The summed E-state index contributed by atoms with van der Waals surface area (Å²) in [5.74, 6) is 0.593. The van der Waals surface area contributed by atoms with Gasteiger partial charge >= 0.3 is 0 Å². The molecule has 84 valence electrons. The van der Waals surface area contributed by atoms with Gasteiger partial charge < -0.3 is 4.74 Å². The summed E-state index contributed by atoms with van der Waals surface area (Å²) < 4.78 is 5.69. The van der Waals surface area contributed by atoms with E-state index in [1.807, 2.05) is 0 Å². The van der Waals surface area contributed by atoms with Crippen LogP contribution in [0.4, 0.5) is 0 Å². The van der Waals surface area contributed by atoms with E-state index in [1.165, 1.54) is 16.3 Å². The summed E-state index contributed by atoms with van der Waals surface area (Å²) in [6.07, 6.45) is 0. The smallest absolute Gasteiger partial charge is 0.0723 e. The monoisotopic (exact) mass is 214 g/mol. The fourth-order valence-corrected chi connectivity index (χ4v) is 1.82. The van der Waals surface area contributed by atoms with Crippen molar-refractivity contribution in [3.63, 3.8) is 0 Å². The summed E-state index contributed by atoms with van der Waals surface area (Å²) in [6, 6.07) is 14.8. The average molecular weight is 214 g/mol. The van der Waals surface area contributed by atoms with Gasteiger partial charge in [0.25, 0.3) is 0 Å². The molecule has 0 bridgehead atoms. The second kappa shape index (κ2) is 5.13. The van der Waals surface area contributed by atoms with Crippen LogP contribution in [0.2, 0.25) is 0 Å². The number of rotatable bonds is 4. The van der Waals surface area contributed by atoms with Crippen LogP contribution >= 0.6 is 0 Å². The van der Waals surface area contributed by atoms with Crippen LogP contribution in [0.3, 0.4) is 0 Å². The Labute approximate surface area is 97.1 Å². The van der Waals surface area contributed by atoms with Gasteiger partial charge in [0.05, 0.1) is 6.61 Å². The normalized spacial score (nSPS) is 11.2. The van der Waals surface area contributed by atoms with Crippen LogP contribution < -0.4 is 0 Å². The molecule has 2 aromatic carbocycles. The summed E-state index contributed by atoms with van der Waals surface area (Å²) in [4.78, 5) is 0. The first kappa shape index (κ1) is 11.2. The standard InChI is InChI=1S/C15H18O/c1-12(2)10-16-11-14-8-5-7-13-6-3-4-9-15(13)14/h3-9,12H,10-11H2,1-2H3. The first-order chi connectivity index (χ1) is 7.77. The number of fused-ring (bicyclic) bond motifs is 1. The zero-order chi connectivity index (χ0) is 11.4. The minimum absolute atomic E-state index is 0.593. The Morgan fingerprint density at radius 1 is 1.00 bits per heavy atom. The Morgan fingerprint density at radius 3 is 2.56 bits per heavy atom. The summed E-state index contributed by atoms with van der Waals surface area (Å²) in [6.45, 7) is 5.87. The molecule has 0 aliphatic carbocycles. The lowest BCUT2D eigenvalue weighted by Crippen LogP contribution is -2.02. The average Bonchev–Trinajstić information content (AvgIpc) is 2.29. The lowest BCUT2D eigenvalue weighted by molar-refractivity contribution is 0.0978. The Hall–Kier alpha value is -1.34. The fourth-order valence-electron chi connectivity index (χ4n) is 1.82. The molecule has 16 heavy (non-hydrogen) atoms. The number of ether oxygens (including phenoxy) is 1. The largest absolute Gasteiger partial charge is 0.376 e. The van der Waals surface area contributed by atoms with Gasteiger partial charge in [-0.05, 0) is 22.3 Å². The molecule has 1 heteroatoms. The molecule has 0 aliphatic rings. The highest BCUT2D eigenvalue weighted by Gasteiger charge is 2.00. The van der Waals surface area contributed by atoms with E-state index in [0.717, 1.165) is 6.61 Å². The van der Waals surface area contributed by atoms with Crippen molar-refractivity contribution in [2.75, 3.05) is 6.61 Å². The van der Waals surface area contributed by atoms with E-state index in [1.54, 1.807) is 0 Å². The van der Waals surface area contributed by atoms with Crippen LogP contribution in [0.5, 0.6) is 0 Å². The van der Waals surface area contributed by atoms with Crippen molar-refractivity contribution in [3.05, 3.63) is 48.0 Å². The van der Waals surface area contributed by atoms with E-state index in [2.05, 4.69) is 56.3 Å². The summed E-state index contributed by atoms with van der Waals surface area (Å²) >= 11 is 0. The van der Waals surface area contributed by atoms with Gasteiger partial charge in [-0.2, -0.15) is 0 Å². The minimum Gasteiger partial charge on any atom is -0.376 e. The highest BCUT2D eigenvalue weighted by atomic mass is 16.5. The van der Waals surface area contributed by atoms with Crippen molar-refractivity contribution < 1.29 is 4.74 Å². The van der Waals surface area contributed by atoms with Gasteiger partial charge in [0, 0.05) is 6.61 Å². The number of hydrogen-bond acceptors (Lipinski definition) is 1. The Kier molecular flexibility index (Phi) is 3.58. The fraction of sp³-hybridized carbons (Fsp3) is 0.333. The minimum atomic E-state index is 0.593. The lowest BCUT2D eigenvalue weighted by atomic mass is 10.1. The van der Waals surface area contributed by atoms with Crippen molar-refractivity contribution in [1.29, 1.82) is 0 Å². The van der Waals surface area contributed by atoms with Crippen LogP contribution in [0, 0.1) is 5.92 Å². The van der Waals surface area contributed by atoms with E-state index in [4.69, 9.17) is 4.74 Å². The van der Waals surface area contributed by atoms with Gasteiger partial charge in [-0.25, -0.2) is 0 Å². The molecule has 0 saturated carbocycles. The maximum Gasteiger partial charge on any atom is 0.0723 e. The highest BCUT2D eigenvalue weighted by Crippen LogP contribution is 2.19. The van der Waals surface area contributed by atoms with Crippen LogP contribution in [0.15, 0.2) is 42.5 Å². The zero-order valence-electron chi connectivity index (χ0n) is 9.94. The zero-order valence-corrected chi connectivity index (χ0v) is 9.94. The Balaban J connectivity index is 2.17. The molecule has 0 N–H and O–H groups in total. The molecular formula is C15H18O. The maximum atomic E-state index is 5.69.